The van der Waals surface area contributed by atoms with Crippen LogP contribution in [-0.2, 0) is 14.3 Å². The van der Waals surface area contributed by atoms with E-state index in [1.807, 2.05) is 24.4 Å². The largest absolute Gasteiger partial charge is 0.493 e. The van der Waals surface area contributed by atoms with E-state index in [2.05, 4.69) is 4.99 Å². The summed E-state index contributed by atoms with van der Waals surface area (Å²) >= 11 is 2.82. The maximum Gasteiger partial charge on any atom is 0.338 e. The van der Waals surface area contributed by atoms with E-state index in [1.165, 1.54) is 29.9 Å². The Morgan fingerprint density at radius 2 is 1.97 bits per heavy atom. The molecule has 182 valence electrons. The highest BCUT2D eigenvalue weighted by atomic mass is 32.1. The number of esters is 2. The molecule has 0 saturated heterocycles. The van der Waals surface area contributed by atoms with Crippen LogP contribution in [0.1, 0.15) is 42.8 Å². The smallest absolute Gasteiger partial charge is 0.338 e. The van der Waals surface area contributed by atoms with Crippen molar-refractivity contribution in [2.45, 2.75) is 33.7 Å². The Hall–Kier alpha value is -3.50. The van der Waals surface area contributed by atoms with Crippen LogP contribution in [0.4, 0.5) is 0 Å². The molecule has 1 unspecified atom stereocenters. The first kappa shape index (κ1) is 24.6. The highest BCUT2D eigenvalue weighted by molar-refractivity contribution is 7.11. The van der Waals surface area contributed by atoms with Crippen LogP contribution in [0, 0.1) is 6.92 Å². The van der Waals surface area contributed by atoms with Crippen LogP contribution in [0.15, 0.2) is 50.7 Å². The van der Waals surface area contributed by atoms with Gasteiger partial charge in [-0.25, -0.2) is 9.79 Å². The number of fused-ring (bicyclic) bond motifs is 1. The molecule has 0 bridgehead atoms. The number of aromatic nitrogens is 1. The molecule has 0 N–H and O–H groups in total. The molecule has 2 aromatic heterocycles. The Morgan fingerprint density at radius 3 is 2.60 bits per heavy atom. The van der Waals surface area contributed by atoms with Crippen molar-refractivity contribution in [2.24, 2.45) is 4.99 Å². The van der Waals surface area contributed by atoms with Gasteiger partial charge in [0.15, 0.2) is 16.3 Å². The molecule has 8 nitrogen and oxygen atoms in total. The average Bonchev–Trinajstić information content (AvgIpc) is 3.35. The lowest BCUT2D eigenvalue weighted by atomic mass is 9.95. The fourth-order valence-corrected chi connectivity index (χ4v) is 5.81. The molecular weight excluding hydrogens is 488 g/mol. The van der Waals surface area contributed by atoms with Crippen LogP contribution >= 0.6 is 22.7 Å². The molecular formula is C25H24N2O6S2. The van der Waals surface area contributed by atoms with E-state index in [0.29, 0.717) is 26.3 Å². The van der Waals surface area contributed by atoms with Crippen LogP contribution in [0.5, 0.6) is 11.5 Å². The lowest BCUT2D eigenvalue weighted by Crippen LogP contribution is -2.40. The molecule has 1 atom stereocenters. The van der Waals surface area contributed by atoms with Gasteiger partial charge in [-0.1, -0.05) is 17.4 Å². The van der Waals surface area contributed by atoms with Crippen molar-refractivity contribution in [1.82, 2.24) is 4.57 Å². The predicted molar refractivity (Wildman–Crippen MR) is 134 cm³/mol. The maximum absolute atomic E-state index is 13.6. The maximum atomic E-state index is 13.6. The molecule has 0 amide bonds. The molecule has 10 heteroatoms. The zero-order valence-electron chi connectivity index (χ0n) is 19.9. The van der Waals surface area contributed by atoms with Crippen molar-refractivity contribution in [3.05, 3.63) is 76.6 Å². The number of rotatable bonds is 6. The van der Waals surface area contributed by atoms with Crippen LogP contribution in [0.25, 0.3) is 6.08 Å². The fraction of sp³-hybridized carbons (Fsp3) is 0.280. The number of ether oxygens (including phenoxy) is 3. The van der Waals surface area contributed by atoms with E-state index in [0.717, 1.165) is 10.4 Å². The molecule has 0 radical (unpaired) electrons. The first-order chi connectivity index (χ1) is 16.7. The van der Waals surface area contributed by atoms with E-state index < -0.39 is 18.0 Å². The quantitative estimate of drug-likeness (QED) is 0.372. The van der Waals surface area contributed by atoms with Crippen molar-refractivity contribution in [1.29, 1.82) is 0 Å². The zero-order valence-corrected chi connectivity index (χ0v) is 21.5. The summed E-state index contributed by atoms with van der Waals surface area (Å²) < 4.78 is 18.0. The summed E-state index contributed by atoms with van der Waals surface area (Å²) in [5, 5.41) is 1.97. The number of benzene rings is 1. The third-order valence-electron chi connectivity index (χ3n) is 5.44. The van der Waals surface area contributed by atoms with E-state index in [9.17, 15) is 14.4 Å². The summed E-state index contributed by atoms with van der Waals surface area (Å²) in [6.45, 7) is 6.91. The van der Waals surface area contributed by atoms with Crippen molar-refractivity contribution in [3.8, 4) is 11.5 Å². The molecule has 3 aromatic rings. The molecule has 1 aliphatic heterocycles. The van der Waals surface area contributed by atoms with Gasteiger partial charge in [0.1, 0.15) is 0 Å². The molecule has 1 aromatic carbocycles. The number of aryl methyl sites for hydroxylation is 1. The molecule has 0 fully saturated rings. The highest BCUT2D eigenvalue weighted by Gasteiger charge is 2.34. The third-order valence-corrected chi connectivity index (χ3v) is 7.39. The van der Waals surface area contributed by atoms with Gasteiger partial charge in [0.05, 0.1) is 35.6 Å². The summed E-state index contributed by atoms with van der Waals surface area (Å²) in [7, 11) is 1.45. The predicted octanol–water partition coefficient (Wildman–Crippen LogP) is 3.10. The number of carbonyl (C=O) groups excluding carboxylic acids is 2. The third kappa shape index (κ3) is 4.71. The van der Waals surface area contributed by atoms with Crippen LogP contribution in [0.2, 0.25) is 0 Å². The van der Waals surface area contributed by atoms with Gasteiger partial charge in [0.25, 0.3) is 5.56 Å². The lowest BCUT2D eigenvalue weighted by molar-refractivity contribution is -0.139. The Morgan fingerprint density at radius 1 is 1.20 bits per heavy atom. The Balaban J connectivity index is 1.96. The second-order valence-electron chi connectivity index (χ2n) is 7.77. The Kier molecular flexibility index (Phi) is 7.04. The zero-order chi connectivity index (χ0) is 25.3. The van der Waals surface area contributed by atoms with Crippen molar-refractivity contribution in [2.75, 3.05) is 13.7 Å². The highest BCUT2D eigenvalue weighted by Crippen LogP contribution is 2.36. The molecule has 3 heterocycles. The lowest BCUT2D eigenvalue weighted by Gasteiger charge is -2.25. The van der Waals surface area contributed by atoms with Gasteiger partial charge in [-0.05, 0) is 61.6 Å². The molecule has 4 rings (SSSR count). The molecule has 1 aliphatic rings. The van der Waals surface area contributed by atoms with Gasteiger partial charge in [-0.2, -0.15) is 0 Å². The summed E-state index contributed by atoms with van der Waals surface area (Å²) in [5.74, 6) is -0.504. The van der Waals surface area contributed by atoms with E-state index in [4.69, 9.17) is 14.2 Å². The van der Waals surface area contributed by atoms with Gasteiger partial charge in [0, 0.05) is 11.8 Å². The number of carbonyl (C=O) groups is 2. The van der Waals surface area contributed by atoms with E-state index in [1.54, 1.807) is 43.4 Å². The SMILES string of the molecule is CCOC(=O)C1=C(C)N=c2s/c(=C\c3sccc3C)c(=O)n2C1c1ccc(OC(C)=O)c(OC)c1. The van der Waals surface area contributed by atoms with Crippen LogP contribution in [0.3, 0.4) is 0 Å². The molecule has 0 saturated carbocycles. The van der Waals surface area contributed by atoms with Gasteiger partial charge < -0.3 is 14.2 Å². The minimum atomic E-state index is -0.794. The average molecular weight is 513 g/mol. The second kappa shape index (κ2) is 10.0. The van der Waals surface area contributed by atoms with E-state index >= 15 is 0 Å². The number of methoxy groups -OCH3 is 1. The molecule has 35 heavy (non-hydrogen) atoms. The summed E-state index contributed by atoms with van der Waals surface area (Å²) in [4.78, 5) is 44.2. The molecule has 0 spiro atoms. The number of hydrogen-bond acceptors (Lipinski definition) is 9. The van der Waals surface area contributed by atoms with Crippen molar-refractivity contribution >= 4 is 40.7 Å². The summed E-state index contributed by atoms with van der Waals surface area (Å²) in [6, 6.07) is 6.14. The van der Waals surface area contributed by atoms with Gasteiger partial charge in [-0.3, -0.25) is 14.2 Å². The number of allylic oxidation sites excluding steroid dienone is 1. The van der Waals surface area contributed by atoms with Gasteiger partial charge >= 0.3 is 11.9 Å². The Labute approximate surface area is 209 Å². The normalized spacial score (nSPS) is 15.5. The fourth-order valence-electron chi connectivity index (χ4n) is 3.85. The summed E-state index contributed by atoms with van der Waals surface area (Å²) in [6.07, 6.45) is 1.86. The molecule has 0 aliphatic carbocycles. The topological polar surface area (TPSA) is 96.2 Å². The van der Waals surface area contributed by atoms with Crippen molar-refractivity contribution < 1.29 is 23.8 Å². The number of thiophene rings is 1. The first-order valence-electron chi connectivity index (χ1n) is 10.8. The first-order valence-corrected chi connectivity index (χ1v) is 12.5. The number of thiazole rings is 1. The number of hydrogen-bond donors (Lipinski definition) is 0. The summed E-state index contributed by atoms with van der Waals surface area (Å²) in [5.41, 5.74) is 2.14. The van der Waals surface area contributed by atoms with Gasteiger partial charge in [-0.15, -0.1) is 11.3 Å². The minimum absolute atomic E-state index is 0.180. The second-order valence-corrected chi connectivity index (χ2v) is 9.73. The van der Waals surface area contributed by atoms with Crippen LogP contribution in [-0.4, -0.2) is 30.2 Å². The van der Waals surface area contributed by atoms with Crippen LogP contribution < -0.4 is 24.4 Å². The van der Waals surface area contributed by atoms with E-state index in [-0.39, 0.29) is 23.5 Å². The van der Waals surface area contributed by atoms with Crippen molar-refractivity contribution in [3.63, 3.8) is 0 Å². The minimum Gasteiger partial charge on any atom is -0.493 e. The Bertz CT molecular complexity index is 1530. The van der Waals surface area contributed by atoms with Gasteiger partial charge in [0.2, 0.25) is 0 Å². The number of nitrogens with zero attached hydrogens (tertiary/aromatic N) is 2. The standard InChI is InChI=1S/C25H24N2O6S2/c1-6-32-24(30)21-14(3)26-25-27(23(29)20(35-25)12-19-13(2)9-10-34-19)22(21)16-7-8-17(33-15(4)28)18(11-16)31-5/h7-12,22H,6H2,1-5H3/b20-12-. The monoisotopic (exact) mass is 512 g/mol.